The monoisotopic (exact) mass is 495 g/mol. The summed E-state index contributed by atoms with van der Waals surface area (Å²) in [6.07, 6.45) is 1.47. The fraction of sp³-hybridized carbons (Fsp3) is 0.120. The van der Waals surface area contributed by atoms with E-state index in [0.717, 1.165) is 5.56 Å². The Hall–Kier alpha value is -3.62. The zero-order valence-corrected chi connectivity index (χ0v) is 20.0. The van der Waals surface area contributed by atoms with E-state index in [1.807, 2.05) is 44.2 Å². The first-order chi connectivity index (χ1) is 16.2. The van der Waals surface area contributed by atoms with Gasteiger partial charge in [-0.3, -0.25) is 9.52 Å². The normalized spacial score (nSPS) is 11.4. The molecule has 1 amide bonds. The van der Waals surface area contributed by atoms with Gasteiger partial charge in [0.1, 0.15) is 0 Å². The van der Waals surface area contributed by atoms with Crippen LogP contribution in [0.25, 0.3) is 11.3 Å². The van der Waals surface area contributed by atoms with Gasteiger partial charge in [0.05, 0.1) is 11.1 Å². The van der Waals surface area contributed by atoms with Crippen molar-refractivity contribution in [1.82, 2.24) is 4.98 Å². The summed E-state index contributed by atoms with van der Waals surface area (Å²) in [6.45, 7) is 3.79. The largest absolute Gasteiger partial charge is 0.432 e. The van der Waals surface area contributed by atoms with E-state index < -0.39 is 15.9 Å². The van der Waals surface area contributed by atoms with E-state index in [0.29, 0.717) is 27.7 Å². The molecule has 0 atom stereocenters. The molecule has 0 aliphatic heterocycles. The van der Waals surface area contributed by atoms with Gasteiger partial charge in [-0.25, -0.2) is 13.4 Å². The molecular formula is C25H22ClN3O4S. The molecule has 9 heteroatoms. The van der Waals surface area contributed by atoms with Gasteiger partial charge in [0.15, 0.2) is 5.76 Å². The van der Waals surface area contributed by atoms with E-state index >= 15 is 0 Å². The molecule has 1 aromatic heterocycles. The Morgan fingerprint density at radius 2 is 1.65 bits per heavy atom. The van der Waals surface area contributed by atoms with Crippen LogP contribution in [0.5, 0.6) is 0 Å². The molecule has 0 bridgehead atoms. The SMILES string of the molecule is CC(C)c1ccc(NC(=O)c2ncc(-c3ccccc3)o2)cc1S(=O)(=O)Nc1ccc(Cl)cc1. The molecule has 4 rings (SSSR count). The lowest BCUT2D eigenvalue weighted by Gasteiger charge is -2.16. The minimum atomic E-state index is -3.94. The molecule has 1 heterocycles. The Balaban J connectivity index is 1.60. The molecular weight excluding hydrogens is 474 g/mol. The third-order valence-electron chi connectivity index (χ3n) is 5.04. The number of hydrogen-bond acceptors (Lipinski definition) is 5. The Morgan fingerprint density at radius 1 is 0.971 bits per heavy atom. The molecule has 0 fully saturated rings. The van der Waals surface area contributed by atoms with Gasteiger partial charge in [0.2, 0.25) is 0 Å². The van der Waals surface area contributed by atoms with Crippen molar-refractivity contribution in [3.8, 4) is 11.3 Å². The van der Waals surface area contributed by atoms with Gasteiger partial charge in [-0.2, -0.15) is 0 Å². The molecule has 0 saturated heterocycles. The number of hydrogen-bond donors (Lipinski definition) is 2. The number of aromatic nitrogens is 1. The molecule has 4 aromatic rings. The Morgan fingerprint density at radius 3 is 2.32 bits per heavy atom. The highest BCUT2D eigenvalue weighted by Gasteiger charge is 2.22. The maximum Gasteiger partial charge on any atom is 0.311 e. The van der Waals surface area contributed by atoms with E-state index in [1.54, 1.807) is 36.4 Å². The molecule has 0 unspecified atom stereocenters. The number of anilines is 2. The molecule has 7 nitrogen and oxygen atoms in total. The first-order valence-electron chi connectivity index (χ1n) is 10.5. The van der Waals surface area contributed by atoms with Crippen LogP contribution in [0.2, 0.25) is 5.02 Å². The van der Waals surface area contributed by atoms with Gasteiger partial charge in [-0.05, 0) is 47.9 Å². The number of rotatable bonds is 7. The van der Waals surface area contributed by atoms with E-state index in [2.05, 4.69) is 15.0 Å². The smallest absolute Gasteiger partial charge is 0.311 e. The quantitative estimate of drug-likeness (QED) is 0.319. The van der Waals surface area contributed by atoms with Gasteiger partial charge in [0.25, 0.3) is 15.9 Å². The minimum absolute atomic E-state index is 0.0626. The van der Waals surface area contributed by atoms with Gasteiger partial charge in [-0.1, -0.05) is 61.8 Å². The van der Waals surface area contributed by atoms with Gasteiger partial charge >= 0.3 is 5.91 Å². The average Bonchev–Trinajstić information content (AvgIpc) is 3.31. The van der Waals surface area contributed by atoms with Crippen LogP contribution >= 0.6 is 11.6 Å². The number of benzene rings is 3. The highest BCUT2D eigenvalue weighted by Crippen LogP contribution is 2.29. The molecule has 0 spiro atoms. The van der Waals surface area contributed by atoms with Crippen molar-refractivity contribution >= 4 is 38.9 Å². The summed E-state index contributed by atoms with van der Waals surface area (Å²) in [6, 6.07) is 20.4. The summed E-state index contributed by atoms with van der Waals surface area (Å²) in [7, 11) is -3.94. The first kappa shape index (κ1) is 23.5. The molecule has 3 aromatic carbocycles. The summed E-state index contributed by atoms with van der Waals surface area (Å²) < 4.78 is 34.5. The van der Waals surface area contributed by atoms with Gasteiger partial charge in [-0.15, -0.1) is 0 Å². The maximum absolute atomic E-state index is 13.2. The Kier molecular flexibility index (Phi) is 6.72. The number of sulfonamides is 1. The first-order valence-corrected chi connectivity index (χ1v) is 12.3. The number of halogens is 1. The van der Waals surface area contributed by atoms with Crippen molar-refractivity contribution in [2.75, 3.05) is 10.0 Å². The molecule has 2 N–H and O–H groups in total. The summed E-state index contributed by atoms with van der Waals surface area (Å²) in [4.78, 5) is 16.8. The standard InChI is InChI=1S/C25H22ClN3O4S/c1-16(2)21-13-12-20(14-23(21)34(31,32)29-19-10-8-18(26)9-11-19)28-24(30)25-27-15-22(33-25)17-6-4-3-5-7-17/h3-16,29H,1-2H3,(H,28,30). The lowest BCUT2D eigenvalue weighted by Crippen LogP contribution is -2.17. The number of carbonyl (C=O) groups excluding carboxylic acids is 1. The second-order valence-electron chi connectivity index (χ2n) is 7.87. The van der Waals surface area contributed by atoms with Crippen LogP contribution in [0.15, 0.2) is 88.3 Å². The van der Waals surface area contributed by atoms with Crippen molar-refractivity contribution in [3.63, 3.8) is 0 Å². The lowest BCUT2D eigenvalue weighted by atomic mass is 10.0. The fourth-order valence-electron chi connectivity index (χ4n) is 3.35. The van der Waals surface area contributed by atoms with Crippen LogP contribution in [-0.4, -0.2) is 19.3 Å². The van der Waals surface area contributed by atoms with Crippen molar-refractivity contribution < 1.29 is 17.6 Å². The Labute approximate surface area is 202 Å². The summed E-state index contributed by atoms with van der Waals surface area (Å²) in [5.74, 6) is -0.331. The molecule has 34 heavy (non-hydrogen) atoms. The van der Waals surface area contributed by atoms with Gasteiger partial charge < -0.3 is 9.73 Å². The van der Waals surface area contributed by atoms with E-state index in [4.69, 9.17) is 16.0 Å². The highest BCUT2D eigenvalue weighted by atomic mass is 35.5. The van der Waals surface area contributed by atoms with Crippen LogP contribution in [0, 0.1) is 0 Å². The van der Waals surface area contributed by atoms with Gasteiger partial charge in [0, 0.05) is 22.0 Å². The van der Waals surface area contributed by atoms with Crippen molar-refractivity contribution in [1.29, 1.82) is 0 Å². The second kappa shape index (κ2) is 9.70. The number of nitrogens with zero attached hydrogens (tertiary/aromatic N) is 1. The zero-order chi connectivity index (χ0) is 24.3. The second-order valence-corrected chi connectivity index (χ2v) is 9.96. The average molecular weight is 496 g/mol. The van der Waals surface area contributed by atoms with Crippen molar-refractivity contribution in [3.05, 3.63) is 95.5 Å². The third kappa shape index (κ3) is 5.30. The molecule has 0 aliphatic rings. The predicted molar refractivity (Wildman–Crippen MR) is 133 cm³/mol. The molecule has 0 aliphatic carbocycles. The third-order valence-corrected chi connectivity index (χ3v) is 6.73. The number of nitrogens with one attached hydrogen (secondary N) is 2. The molecule has 0 radical (unpaired) electrons. The van der Waals surface area contributed by atoms with E-state index in [9.17, 15) is 13.2 Å². The number of carbonyl (C=O) groups is 1. The fourth-order valence-corrected chi connectivity index (χ4v) is 4.93. The van der Waals surface area contributed by atoms with Crippen LogP contribution < -0.4 is 10.0 Å². The summed E-state index contributed by atoms with van der Waals surface area (Å²) in [5.41, 5.74) is 2.08. The van der Waals surface area contributed by atoms with Crippen LogP contribution in [0.4, 0.5) is 11.4 Å². The zero-order valence-electron chi connectivity index (χ0n) is 18.4. The highest BCUT2D eigenvalue weighted by molar-refractivity contribution is 7.92. The summed E-state index contributed by atoms with van der Waals surface area (Å²) >= 11 is 5.89. The maximum atomic E-state index is 13.2. The lowest BCUT2D eigenvalue weighted by molar-refractivity contribution is 0.0991. The van der Waals surface area contributed by atoms with Crippen LogP contribution in [-0.2, 0) is 10.0 Å². The minimum Gasteiger partial charge on any atom is -0.432 e. The number of amides is 1. The van der Waals surface area contributed by atoms with Crippen molar-refractivity contribution in [2.24, 2.45) is 0 Å². The predicted octanol–water partition coefficient (Wildman–Crippen LogP) is 6.17. The van der Waals surface area contributed by atoms with Crippen molar-refractivity contribution in [2.45, 2.75) is 24.7 Å². The topological polar surface area (TPSA) is 101 Å². The van der Waals surface area contributed by atoms with Crippen LogP contribution in [0.1, 0.15) is 36.0 Å². The number of oxazole rings is 1. The van der Waals surface area contributed by atoms with E-state index in [-0.39, 0.29) is 16.7 Å². The van der Waals surface area contributed by atoms with E-state index in [1.165, 1.54) is 12.3 Å². The molecule has 174 valence electrons. The Bertz CT molecular complexity index is 1420. The van der Waals surface area contributed by atoms with Crippen LogP contribution in [0.3, 0.4) is 0 Å². The molecule has 0 saturated carbocycles. The summed E-state index contributed by atoms with van der Waals surface area (Å²) in [5, 5.41) is 3.17.